The number of hydrogen-bond acceptors (Lipinski definition) is 2. The van der Waals surface area contributed by atoms with Crippen LogP contribution >= 0.6 is 0 Å². The summed E-state index contributed by atoms with van der Waals surface area (Å²) in [7, 11) is 0. The van der Waals surface area contributed by atoms with Crippen LogP contribution in [0, 0.1) is 0 Å². The van der Waals surface area contributed by atoms with E-state index in [9.17, 15) is 4.39 Å². The van der Waals surface area contributed by atoms with E-state index < -0.39 is 6.36 Å². The van der Waals surface area contributed by atoms with E-state index in [0.29, 0.717) is 0 Å². The second kappa shape index (κ2) is 3.13. The zero-order valence-corrected chi connectivity index (χ0v) is 5.56. The number of nitrogens with one attached hydrogen (secondary N) is 1. The van der Waals surface area contributed by atoms with Gasteiger partial charge >= 0.3 is 0 Å². The van der Waals surface area contributed by atoms with Crippen molar-refractivity contribution in [3.05, 3.63) is 0 Å². The highest BCUT2D eigenvalue weighted by atomic mass is 19.1. The Hall–Kier alpha value is -0.150. The topological polar surface area (TPSA) is 21.3 Å². The first kappa shape index (κ1) is 6.96. The van der Waals surface area contributed by atoms with E-state index in [-0.39, 0.29) is 6.10 Å². The van der Waals surface area contributed by atoms with Crippen LogP contribution in [-0.2, 0) is 4.74 Å². The van der Waals surface area contributed by atoms with Gasteiger partial charge in [0, 0.05) is 6.54 Å². The van der Waals surface area contributed by atoms with Gasteiger partial charge in [0.15, 0.2) is 6.36 Å². The van der Waals surface area contributed by atoms with Crippen molar-refractivity contribution in [2.45, 2.75) is 25.8 Å². The SMILES string of the molecule is CC(F)O[C@H]1CCNC1. The van der Waals surface area contributed by atoms with Crippen LogP contribution in [0.1, 0.15) is 13.3 Å². The molecule has 0 aromatic rings. The first-order chi connectivity index (χ1) is 4.29. The second-order valence-electron chi connectivity index (χ2n) is 2.29. The summed E-state index contributed by atoms with van der Waals surface area (Å²) in [5.74, 6) is 0. The molecule has 0 amide bonds. The Morgan fingerprint density at radius 1 is 1.78 bits per heavy atom. The first-order valence-corrected chi connectivity index (χ1v) is 3.29. The van der Waals surface area contributed by atoms with E-state index in [4.69, 9.17) is 4.74 Å². The van der Waals surface area contributed by atoms with Crippen molar-refractivity contribution in [2.24, 2.45) is 0 Å². The summed E-state index contributed by atoms with van der Waals surface area (Å²) in [5, 5.41) is 3.09. The summed E-state index contributed by atoms with van der Waals surface area (Å²) in [4.78, 5) is 0. The van der Waals surface area contributed by atoms with Gasteiger partial charge in [-0.1, -0.05) is 0 Å². The molecule has 1 unspecified atom stereocenters. The van der Waals surface area contributed by atoms with Gasteiger partial charge in [-0.25, -0.2) is 4.39 Å². The number of hydrogen-bond donors (Lipinski definition) is 1. The van der Waals surface area contributed by atoms with Gasteiger partial charge in [-0.05, 0) is 19.9 Å². The monoisotopic (exact) mass is 133 g/mol. The Balaban J connectivity index is 2.11. The van der Waals surface area contributed by atoms with Crippen molar-refractivity contribution in [3.63, 3.8) is 0 Å². The van der Waals surface area contributed by atoms with Gasteiger partial charge < -0.3 is 10.1 Å². The van der Waals surface area contributed by atoms with Crippen LogP contribution in [0.3, 0.4) is 0 Å². The van der Waals surface area contributed by atoms with Gasteiger partial charge in [-0.15, -0.1) is 0 Å². The lowest BCUT2D eigenvalue weighted by atomic mass is 10.3. The van der Waals surface area contributed by atoms with Gasteiger partial charge in [0.2, 0.25) is 0 Å². The number of alkyl halides is 1. The molecule has 2 nitrogen and oxygen atoms in total. The maximum Gasteiger partial charge on any atom is 0.196 e. The molecule has 1 saturated heterocycles. The third-order valence-electron chi connectivity index (χ3n) is 1.40. The summed E-state index contributed by atoms with van der Waals surface area (Å²) < 4.78 is 17.0. The van der Waals surface area contributed by atoms with Crippen molar-refractivity contribution in [3.8, 4) is 0 Å². The molecule has 1 fully saturated rings. The molecule has 0 bridgehead atoms. The molecule has 1 heterocycles. The fourth-order valence-electron chi connectivity index (χ4n) is 1.01. The maximum absolute atomic E-state index is 12.1. The summed E-state index contributed by atoms with van der Waals surface area (Å²) in [6.45, 7) is 3.17. The number of rotatable bonds is 2. The van der Waals surface area contributed by atoms with Crippen LogP contribution in [0.5, 0.6) is 0 Å². The minimum absolute atomic E-state index is 0.102. The average molecular weight is 133 g/mol. The van der Waals surface area contributed by atoms with Crippen LogP contribution in [-0.4, -0.2) is 25.6 Å². The van der Waals surface area contributed by atoms with Crippen LogP contribution in [0.15, 0.2) is 0 Å². The van der Waals surface area contributed by atoms with Crippen LogP contribution in [0.2, 0.25) is 0 Å². The van der Waals surface area contributed by atoms with Crippen molar-refractivity contribution in [1.82, 2.24) is 5.32 Å². The van der Waals surface area contributed by atoms with E-state index in [1.165, 1.54) is 6.92 Å². The fraction of sp³-hybridized carbons (Fsp3) is 1.00. The molecule has 0 aromatic carbocycles. The van der Waals surface area contributed by atoms with Gasteiger partial charge in [0.1, 0.15) is 0 Å². The third kappa shape index (κ3) is 2.28. The van der Waals surface area contributed by atoms with Crippen LogP contribution in [0.4, 0.5) is 4.39 Å². The lowest BCUT2D eigenvalue weighted by Crippen LogP contribution is -2.19. The summed E-state index contributed by atoms with van der Waals surface area (Å²) in [6.07, 6.45) is -0.0752. The molecule has 0 spiro atoms. The first-order valence-electron chi connectivity index (χ1n) is 3.29. The molecule has 0 aliphatic carbocycles. The van der Waals surface area contributed by atoms with Crippen LogP contribution < -0.4 is 5.32 Å². The quantitative estimate of drug-likeness (QED) is 0.598. The molecule has 1 rings (SSSR count). The summed E-state index contributed by atoms with van der Waals surface area (Å²) in [5.41, 5.74) is 0. The predicted molar refractivity (Wildman–Crippen MR) is 32.9 cm³/mol. The van der Waals surface area contributed by atoms with Gasteiger partial charge in [0.25, 0.3) is 0 Å². The Kier molecular flexibility index (Phi) is 2.42. The molecule has 0 aromatic heterocycles. The Morgan fingerprint density at radius 2 is 2.56 bits per heavy atom. The third-order valence-corrected chi connectivity index (χ3v) is 1.40. The van der Waals surface area contributed by atoms with Gasteiger partial charge in [-0.3, -0.25) is 0 Å². The zero-order chi connectivity index (χ0) is 6.69. The minimum atomic E-state index is -1.12. The number of ether oxygens (including phenoxy) is 1. The van der Waals surface area contributed by atoms with E-state index in [0.717, 1.165) is 19.5 Å². The molecule has 3 heteroatoms. The maximum atomic E-state index is 12.1. The minimum Gasteiger partial charge on any atom is -0.344 e. The lowest BCUT2D eigenvalue weighted by molar-refractivity contribution is -0.0651. The Labute approximate surface area is 54.4 Å². The van der Waals surface area contributed by atoms with Crippen molar-refractivity contribution in [1.29, 1.82) is 0 Å². The second-order valence-corrected chi connectivity index (χ2v) is 2.29. The summed E-state index contributed by atoms with van der Waals surface area (Å²) >= 11 is 0. The molecule has 1 aliphatic heterocycles. The molecule has 1 aliphatic rings. The van der Waals surface area contributed by atoms with E-state index >= 15 is 0 Å². The van der Waals surface area contributed by atoms with Crippen molar-refractivity contribution in [2.75, 3.05) is 13.1 Å². The highest BCUT2D eigenvalue weighted by Crippen LogP contribution is 2.06. The molecular weight excluding hydrogens is 121 g/mol. The molecule has 0 saturated carbocycles. The molecule has 54 valence electrons. The largest absolute Gasteiger partial charge is 0.344 e. The lowest BCUT2D eigenvalue weighted by Gasteiger charge is -2.09. The predicted octanol–water partition coefficient (Wildman–Crippen LogP) is 0.680. The fourth-order valence-corrected chi connectivity index (χ4v) is 1.01. The molecule has 9 heavy (non-hydrogen) atoms. The normalized spacial score (nSPS) is 30.7. The van der Waals surface area contributed by atoms with E-state index in [1.807, 2.05) is 0 Å². The number of halogens is 1. The van der Waals surface area contributed by atoms with Crippen molar-refractivity contribution < 1.29 is 9.13 Å². The van der Waals surface area contributed by atoms with Crippen LogP contribution in [0.25, 0.3) is 0 Å². The molecule has 2 atom stereocenters. The van der Waals surface area contributed by atoms with Gasteiger partial charge in [0.05, 0.1) is 6.10 Å². The Bertz CT molecular complexity index is 81.1. The highest BCUT2D eigenvalue weighted by molar-refractivity contribution is 4.70. The Morgan fingerprint density at radius 3 is 3.00 bits per heavy atom. The smallest absolute Gasteiger partial charge is 0.196 e. The van der Waals surface area contributed by atoms with E-state index in [1.54, 1.807) is 0 Å². The average Bonchev–Trinajstić information content (AvgIpc) is 2.15. The standard InChI is InChI=1S/C6H12FNO/c1-5(7)9-6-2-3-8-4-6/h5-6,8H,2-4H2,1H3/t5?,6-/m0/s1. The molecular formula is C6H12FNO. The molecule has 1 N–H and O–H groups in total. The zero-order valence-electron chi connectivity index (χ0n) is 5.56. The molecule has 0 radical (unpaired) electrons. The van der Waals surface area contributed by atoms with Gasteiger partial charge in [-0.2, -0.15) is 0 Å². The van der Waals surface area contributed by atoms with E-state index in [2.05, 4.69) is 5.32 Å². The summed E-state index contributed by atoms with van der Waals surface area (Å²) in [6, 6.07) is 0. The van der Waals surface area contributed by atoms with Crippen molar-refractivity contribution >= 4 is 0 Å². The highest BCUT2D eigenvalue weighted by Gasteiger charge is 2.16.